The molecule has 9 heteroatoms. The van der Waals surface area contributed by atoms with E-state index in [4.69, 9.17) is 9.47 Å². The Morgan fingerprint density at radius 3 is 2.46 bits per heavy atom. The van der Waals surface area contributed by atoms with Crippen LogP contribution in [-0.2, 0) is 16.2 Å². The van der Waals surface area contributed by atoms with Crippen molar-refractivity contribution in [2.45, 2.75) is 13.5 Å². The molecule has 3 aromatic carbocycles. The Morgan fingerprint density at radius 2 is 1.74 bits per heavy atom. The van der Waals surface area contributed by atoms with E-state index < -0.39 is 17.8 Å². The van der Waals surface area contributed by atoms with Crippen molar-refractivity contribution in [3.8, 4) is 11.5 Å². The molecule has 0 aliphatic carbocycles. The van der Waals surface area contributed by atoms with E-state index >= 15 is 0 Å². The Morgan fingerprint density at radius 1 is 0.971 bits per heavy atom. The molecule has 4 amide bonds. The molecule has 0 bridgehead atoms. The highest BCUT2D eigenvalue weighted by Crippen LogP contribution is 2.32. The first-order valence-electron chi connectivity index (χ1n) is 10.5. The number of aryl methyl sites for hydroxylation is 1. The van der Waals surface area contributed by atoms with Gasteiger partial charge in [-0.3, -0.25) is 14.9 Å². The molecule has 178 valence electrons. The van der Waals surface area contributed by atoms with Gasteiger partial charge in [-0.1, -0.05) is 62.2 Å². The van der Waals surface area contributed by atoms with Crippen LogP contribution in [0.15, 0.2) is 75.2 Å². The summed E-state index contributed by atoms with van der Waals surface area (Å²) in [5.41, 5.74) is 2.46. The summed E-state index contributed by atoms with van der Waals surface area (Å²) < 4.78 is 13.3. The average Bonchev–Trinajstić information content (AvgIpc) is 2.82. The molecular formula is C26H20Br2N2O5. The summed E-state index contributed by atoms with van der Waals surface area (Å²) in [6.45, 7) is 2.09. The summed E-state index contributed by atoms with van der Waals surface area (Å²) in [6, 6.07) is 17.0. The van der Waals surface area contributed by atoms with Crippen molar-refractivity contribution >= 4 is 61.5 Å². The number of rotatable bonds is 6. The summed E-state index contributed by atoms with van der Waals surface area (Å²) in [4.78, 5) is 39.1. The second-order valence-electron chi connectivity index (χ2n) is 7.68. The van der Waals surface area contributed by atoms with Crippen molar-refractivity contribution in [1.82, 2.24) is 5.32 Å². The van der Waals surface area contributed by atoms with E-state index in [1.165, 1.54) is 13.2 Å². The number of carbonyl (C=O) groups is 3. The molecule has 1 saturated heterocycles. The third-order valence-electron chi connectivity index (χ3n) is 5.36. The van der Waals surface area contributed by atoms with Gasteiger partial charge in [-0.25, -0.2) is 9.69 Å². The molecule has 0 aromatic heterocycles. The molecule has 0 atom stereocenters. The van der Waals surface area contributed by atoms with Crippen molar-refractivity contribution in [3.63, 3.8) is 0 Å². The highest BCUT2D eigenvalue weighted by atomic mass is 79.9. The molecule has 0 radical (unpaired) electrons. The van der Waals surface area contributed by atoms with E-state index in [1.54, 1.807) is 49.4 Å². The zero-order valence-corrected chi connectivity index (χ0v) is 22.0. The van der Waals surface area contributed by atoms with E-state index in [9.17, 15) is 14.4 Å². The summed E-state index contributed by atoms with van der Waals surface area (Å²) in [5, 5.41) is 2.24. The predicted octanol–water partition coefficient (Wildman–Crippen LogP) is 5.77. The molecule has 4 rings (SSSR count). The number of amides is 4. The van der Waals surface area contributed by atoms with Gasteiger partial charge in [-0.2, -0.15) is 0 Å². The molecule has 35 heavy (non-hydrogen) atoms. The smallest absolute Gasteiger partial charge is 0.335 e. The topological polar surface area (TPSA) is 84.9 Å². The van der Waals surface area contributed by atoms with E-state index in [2.05, 4.69) is 37.2 Å². The van der Waals surface area contributed by atoms with Gasteiger partial charge in [-0.15, -0.1) is 0 Å². The Balaban J connectivity index is 1.60. The van der Waals surface area contributed by atoms with Gasteiger partial charge in [0, 0.05) is 14.5 Å². The Bertz CT molecular complexity index is 1370. The standard InChI is InChI=1S/C26H20Br2N2O5/c1-15-5-3-4-6-21(15)30-25(32)19(24(31)29-26(30)33)11-16-7-10-22(23(12-16)34-2)35-14-17-8-9-18(27)13-20(17)28/h3-13H,14H2,1-2H3,(H,29,31,33)/b19-11+. The number of carbonyl (C=O) groups excluding carboxylic acids is 3. The number of methoxy groups -OCH3 is 1. The second-order valence-corrected chi connectivity index (χ2v) is 9.45. The van der Waals surface area contributed by atoms with Crippen molar-refractivity contribution in [2.24, 2.45) is 0 Å². The highest BCUT2D eigenvalue weighted by Gasteiger charge is 2.37. The van der Waals surface area contributed by atoms with Crippen molar-refractivity contribution < 1.29 is 23.9 Å². The third-order valence-corrected chi connectivity index (χ3v) is 6.59. The molecule has 1 fully saturated rings. The summed E-state index contributed by atoms with van der Waals surface area (Å²) in [6.07, 6.45) is 1.42. The monoisotopic (exact) mass is 598 g/mol. The molecule has 1 heterocycles. The van der Waals surface area contributed by atoms with Crippen molar-refractivity contribution in [2.75, 3.05) is 12.0 Å². The minimum Gasteiger partial charge on any atom is -0.493 e. The molecule has 7 nitrogen and oxygen atoms in total. The SMILES string of the molecule is COc1cc(/C=C2\C(=O)NC(=O)N(c3ccccc3C)C2=O)ccc1OCc1ccc(Br)cc1Br. The number of imide groups is 2. The van der Waals surface area contributed by atoms with Crippen LogP contribution in [0.1, 0.15) is 16.7 Å². The fourth-order valence-corrected chi connectivity index (χ4v) is 4.71. The van der Waals surface area contributed by atoms with Gasteiger partial charge in [0.1, 0.15) is 12.2 Å². The van der Waals surface area contributed by atoms with Gasteiger partial charge in [-0.05, 0) is 54.5 Å². The number of halogens is 2. The zero-order valence-electron chi connectivity index (χ0n) is 18.8. The number of hydrogen-bond acceptors (Lipinski definition) is 5. The van der Waals surface area contributed by atoms with Crippen LogP contribution >= 0.6 is 31.9 Å². The highest BCUT2D eigenvalue weighted by molar-refractivity contribution is 9.11. The normalized spacial score (nSPS) is 14.8. The molecule has 0 saturated carbocycles. The maximum Gasteiger partial charge on any atom is 0.335 e. The van der Waals surface area contributed by atoms with Crippen LogP contribution in [-0.4, -0.2) is 25.0 Å². The molecule has 0 unspecified atom stereocenters. The Hall–Kier alpha value is -3.43. The lowest BCUT2D eigenvalue weighted by Crippen LogP contribution is -2.54. The predicted molar refractivity (Wildman–Crippen MR) is 139 cm³/mol. The maximum atomic E-state index is 13.2. The van der Waals surface area contributed by atoms with Gasteiger partial charge in [0.2, 0.25) is 0 Å². The van der Waals surface area contributed by atoms with Gasteiger partial charge >= 0.3 is 6.03 Å². The van der Waals surface area contributed by atoms with Crippen LogP contribution in [0.25, 0.3) is 6.08 Å². The van der Waals surface area contributed by atoms with Crippen LogP contribution in [0.3, 0.4) is 0 Å². The summed E-state index contributed by atoms with van der Waals surface area (Å²) in [7, 11) is 1.51. The van der Waals surface area contributed by atoms with Crippen LogP contribution in [0.5, 0.6) is 11.5 Å². The number of hydrogen-bond donors (Lipinski definition) is 1. The van der Waals surface area contributed by atoms with Crippen LogP contribution in [0.2, 0.25) is 0 Å². The summed E-state index contributed by atoms with van der Waals surface area (Å²) >= 11 is 6.94. The van der Waals surface area contributed by atoms with Gasteiger partial charge in [0.05, 0.1) is 12.8 Å². The number of benzene rings is 3. The van der Waals surface area contributed by atoms with E-state index in [0.717, 1.165) is 25.0 Å². The Kier molecular flexibility index (Phi) is 7.37. The molecule has 3 aromatic rings. The average molecular weight is 600 g/mol. The lowest BCUT2D eigenvalue weighted by atomic mass is 10.1. The second kappa shape index (κ2) is 10.5. The van der Waals surface area contributed by atoms with Crippen LogP contribution in [0, 0.1) is 6.92 Å². The minimum absolute atomic E-state index is 0.164. The maximum absolute atomic E-state index is 13.2. The first-order valence-corrected chi connectivity index (χ1v) is 12.1. The lowest BCUT2D eigenvalue weighted by molar-refractivity contribution is -0.122. The van der Waals surface area contributed by atoms with Gasteiger partial charge < -0.3 is 9.47 Å². The van der Waals surface area contributed by atoms with Crippen molar-refractivity contribution in [1.29, 1.82) is 0 Å². The van der Waals surface area contributed by atoms with Gasteiger partial charge in [0.25, 0.3) is 11.8 Å². The first kappa shape index (κ1) is 24.7. The number of para-hydroxylation sites is 1. The van der Waals surface area contributed by atoms with Crippen LogP contribution in [0.4, 0.5) is 10.5 Å². The Labute approximate surface area is 219 Å². The number of anilines is 1. The van der Waals surface area contributed by atoms with E-state index in [0.29, 0.717) is 29.4 Å². The molecule has 1 aliphatic heterocycles. The number of ether oxygens (including phenoxy) is 2. The van der Waals surface area contributed by atoms with E-state index in [-0.39, 0.29) is 5.57 Å². The third kappa shape index (κ3) is 5.31. The lowest BCUT2D eigenvalue weighted by Gasteiger charge is -2.27. The largest absolute Gasteiger partial charge is 0.493 e. The quantitative estimate of drug-likeness (QED) is 0.287. The first-order chi connectivity index (χ1) is 16.8. The summed E-state index contributed by atoms with van der Waals surface area (Å²) in [5.74, 6) is -0.527. The zero-order chi connectivity index (χ0) is 25.1. The number of nitrogens with zero attached hydrogens (tertiary/aromatic N) is 1. The molecule has 1 N–H and O–H groups in total. The number of barbiturate groups is 1. The molecular weight excluding hydrogens is 580 g/mol. The van der Waals surface area contributed by atoms with Crippen molar-refractivity contribution in [3.05, 3.63) is 91.9 Å². The molecule has 1 aliphatic rings. The number of urea groups is 1. The van der Waals surface area contributed by atoms with Crippen LogP contribution < -0.4 is 19.7 Å². The fourth-order valence-electron chi connectivity index (χ4n) is 3.54. The minimum atomic E-state index is -0.785. The molecule has 0 spiro atoms. The van der Waals surface area contributed by atoms with E-state index in [1.807, 2.05) is 18.2 Å². The number of nitrogens with one attached hydrogen (secondary N) is 1. The fraction of sp³-hybridized carbons (Fsp3) is 0.115. The van der Waals surface area contributed by atoms with Gasteiger partial charge in [0.15, 0.2) is 11.5 Å².